The van der Waals surface area contributed by atoms with Crippen molar-refractivity contribution in [3.05, 3.63) is 64.6 Å². The maximum absolute atomic E-state index is 12.0. The summed E-state index contributed by atoms with van der Waals surface area (Å²) < 4.78 is 1.82. The fourth-order valence-electron chi connectivity index (χ4n) is 2.07. The molecule has 3 aromatic rings. The Morgan fingerprint density at radius 1 is 1.23 bits per heavy atom. The third kappa shape index (κ3) is 3.37. The Bertz CT molecular complexity index is 767. The number of thiophene rings is 1. The van der Waals surface area contributed by atoms with E-state index in [2.05, 4.69) is 10.4 Å². The molecule has 1 aromatic carbocycles. The summed E-state index contributed by atoms with van der Waals surface area (Å²) in [6.07, 6.45) is 1.91. The molecule has 0 unspecified atom stereocenters. The Labute approximate surface area is 137 Å². The van der Waals surface area contributed by atoms with Gasteiger partial charge in [0.15, 0.2) is 0 Å². The molecule has 22 heavy (non-hydrogen) atoms. The molecule has 0 aliphatic heterocycles. The number of benzene rings is 1. The zero-order chi connectivity index (χ0) is 15.4. The molecule has 0 saturated carbocycles. The second-order valence-electron chi connectivity index (χ2n) is 4.68. The summed E-state index contributed by atoms with van der Waals surface area (Å²) in [5.41, 5.74) is 1.44. The summed E-state index contributed by atoms with van der Waals surface area (Å²) in [7, 11) is 0. The first-order valence-corrected chi connectivity index (χ1v) is 8.10. The van der Waals surface area contributed by atoms with Gasteiger partial charge in [-0.3, -0.25) is 9.48 Å². The van der Waals surface area contributed by atoms with E-state index in [4.69, 9.17) is 11.6 Å². The third-order valence-electron chi connectivity index (χ3n) is 3.16. The minimum absolute atomic E-state index is 0.170. The zero-order valence-electron chi connectivity index (χ0n) is 11.7. The maximum atomic E-state index is 12.0. The number of hydrogen-bond donors (Lipinski definition) is 1. The molecule has 0 aliphatic rings. The van der Waals surface area contributed by atoms with Crippen LogP contribution in [-0.4, -0.2) is 22.2 Å². The lowest BCUT2D eigenvalue weighted by atomic mass is 10.2. The lowest BCUT2D eigenvalue weighted by Crippen LogP contribution is -2.27. The number of hydrogen-bond acceptors (Lipinski definition) is 3. The van der Waals surface area contributed by atoms with Crippen molar-refractivity contribution in [2.24, 2.45) is 0 Å². The van der Waals surface area contributed by atoms with Crippen LogP contribution in [0.2, 0.25) is 5.02 Å². The number of carbonyl (C=O) groups is 1. The highest BCUT2D eigenvalue weighted by atomic mass is 35.5. The van der Waals surface area contributed by atoms with Gasteiger partial charge in [-0.1, -0.05) is 29.8 Å². The molecule has 112 valence electrons. The van der Waals surface area contributed by atoms with E-state index in [0.29, 0.717) is 23.7 Å². The molecule has 0 bridgehead atoms. The minimum atomic E-state index is -0.170. The summed E-state index contributed by atoms with van der Waals surface area (Å²) in [5, 5.41) is 9.82. The first kappa shape index (κ1) is 14.8. The molecule has 6 heteroatoms. The molecular weight excluding hydrogens is 318 g/mol. The molecule has 1 amide bonds. The molecule has 0 fully saturated rings. The van der Waals surface area contributed by atoms with Crippen molar-refractivity contribution in [2.45, 2.75) is 6.54 Å². The fraction of sp³-hybridized carbons (Fsp3) is 0.125. The Kier molecular flexibility index (Phi) is 4.56. The van der Waals surface area contributed by atoms with E-state index in [0.717, 1.165) is 10.6 Å². The van der Waals surface area contributed by atoms with E-state index < -0.39 is 0 Å². The van der Waals surface area contributed by atoms with Gasteiger partial charge >= 0.3 is 0 Å². The average molecular weight is 332 g/mol. The van der Waals surface area contributed by atoms with Gasteiger partial charge in [0.2, 0.25) is 0 Å². The van der Waals surface area contributed by atoms with Crippen molar-refractivity contribution in [3.63, 3.8) is 0 Å². The summed E-state index contributed by atoms with van der Waals surface area (Å²) in [4.78, 5) is 13.2. The van der Waals surface area contributed by atoms with Crippen LogP contribution in [-0.2, 0) is 6.54 Å². The first-order chi connectivity index (χ1) is 10.7. The van der Waals surface area contributed by atoms with Gasteiger partial charge in [0, 0.05) is 12.7 Å². The number of carbonyl (C=O) groups excluding carboxylic acids is 1. The van der Waals surface area contributed by atoms with Gasteiger partial charge in [0.05, 0.1) is 22.0 Å². The number of rotatable bonds is 5. The normalized spacial score (nSPS) is 10.6. The van der Waals surface area contributed by atoms with Gasteiger partial charge in [-0.25, -0.2) is 0 Å². The van der Waals surface area contributed by atoms with E-state index in [1.54, 1.807) is 35.6 Å². The fourth-order valence-corrected chi connectivity index (χ4v) is 2.98. The Hall–Kier alpha value is -2.11. The molecule has 2 heterocycles. The first-order valence-electron chi connectivity index (χ1n) is 6.84. The van der Waals surface area contributed by atoms with Crippen LogP contribution in [0.1, 0.15) is 10.4 Å². The number of nitrogens with zero attached hydrogens (tertiary/aromatic N) is 2. The van der Waals surface area contributed by atoms with Gasteiger partial charge in [-0.2, -0.15) is 5.10 Å². The number of aromatic nitrogens is 2. The molecule has 1 N–H and O–H groups in total. The highest BCUT2D eigenvalue weighted by Crippen LogP contribution is 2.22. The Balaban J connectivity index is 1.55. The average Bonchev–Trinajstić information content (AvgIpc) is 3.18. The molecule has 0 spiro atoms. The van der Waals surface area contributed by atoms with Crippen LogP contribution in [0, 0.1) is 0 Å². The SMILES string of the molecule is O=C(NCCn1ccc(-c2cccs2)n1)c1ccccc1Cl. The van der Waals surface area contributed by atoms with E-state index in [9.17, 15) is 4.79 Å². The van der Waals surface area contributed by atoms with Crippen molar-refractivity contribution < 1.29 is 4.79 Å². The van der Waals surface area contributed by atoms with Crippen molar-refractivity contribution in [3.8, 4) is 10.6 Å². The minimum Gasteiger partial charge on any atom is -0.350 e. The van der Waals surface area contributed by atoms with Crippen molar-refractivity contribution in [1.82, 2.24) is 15.1 Å². The largest absolute Gasteiger partial charge is 0.350 e. The standard InChI is InChI=1S/C16H14ClN3OS/c17-13-5-2-1-4-12(13)16(21)18-8-10-20-9-7-14(19-20)15-6-3-11-22-15/h1-7,9,11H,8,10H2,(H,18,21). The molecule has 0 aliphatic carbocycles. The second kappa shape index (κ2) is 6.77. The lowest BCUT2D eigenvalue weighted by Gasteiger charge is -2.06. The summed E-state index contributed by atoms with van der Waals surface area (Å²) in [6, 6.07) is 13.0. The quantitative estimate of drug-likeness (QED) is 0.775. The third-order valence-corrected chi connectivity index (χ3v) is 4.38. The smallest absolute Gasteiger partial charge is 0.252 e. The molecule has 2 aromatic heterocycles. The Morgan fingerprint density at radius 2 is 2.09 bits per heavy atom. The van der Waals surface area contributed by atoms with Gasteiger partial charge in [0.25, 0.3) is 5.91 Å². The van der Waals surface area contributed by atoms with Crippen LogP contribution in [0.5, 0.6) is 0 Å². The van der Waals surface area contributed by atoms with Crippen LogP contribution in [0.15, 0.2) is 54.0 Å². The number of halogens is 1. The van der Waals surface area contributed by atoms with Gasteiger partial charge < -0.3 is 5.32 Å². The molecule has 0 radical (unpaired) electrons. The van der Waals surface area contributed by atoms with E-state index >= 15 is 0 Å². The number of amides is 1. The van der Waals surface area contributed by atoms with Crippen molar-refractivity contribution in [2.75, 3.05) is 6.54 Å². The van der Waals surface area contributed by atoms with Crippen LogP contribution < -0.4 is 5.32 Å². The highest BCUT2D eigenvalue weighted by molar-refractivity contribution is 7.13. The molecular formula is C16H14ClN3OS. The predicted molar refractivity (Wildman–Crippen MR) is 89.3 cm³/mol. The summed E-state index contributed by atoms with van der Waals surface area (Å²) in [6.45, 7) is 1.11. The van der Waals surface area contributed by atoms with E-state index in [1.165, 1.54) is 0 Å². The highest BCUT2D eigenvalue weighted by Gasteiger charge is 2.09. The number of nitrogens with one attached hydrogen (secondary N) is 1. The zero-order valence-corrected chi connectivity index (χ0v) is 13.3. The monoisotopic (exact) mass is 331 g/mol. The van der Waals surface area contributed by atoms with E-state index in [1.807, 2.05) is 34.5 Å². The lowest BCUT2D eigenvalue weighted by molar-refractivity contribution is 0.0952. The van der Waals surface area contributed by atoms with Crippen molar-refractivity contribution in [1.29, 1.82) is 0 Å². The molecule has 3 rings (SSSR count). The molecule has 0 atom stereocenters. The van der Waals surface area contributed by atoms with Gasteiger partial charge in [0.1, 0.15) is 5.69 Å². The maximum Gasteiger partial charge on any atom is 0.252 e. The Morgan fingerprint density at radius 3 is 2.86 bits per heavy atom. The second-order valence-corrected chi connectivity index (χ2v) is 6.03. The van der Waals surface area contributed by atoms with E-state index in [-0.39, 0.29) is 5.91 Å². The van der Waals surface area contributed by atoms with Crippen molar-refractivity contribution >= 4 is 28.8 Å². The van der Waals surface area contributed by atoms with Gasteiger partial charge in [-0.05, 0) is 29.6 Å². The summed E-state index contributed by atoms with van der Waals surface area (Å²) >= 11 is 7.65. The predicted octanol–water partition coefficient (Wildman–Crippen LogP) is 3.70. The van der Waals surface area contributed by atoms with Crippen LogP contribution in [0.3, 0.4) is 0 Å². The van der Waals surface area contributed by atoms with Crippen LogP contribution in [0.4, 0.5) is 0 Å². The van der Waals surface area contributed by atoms with Gasteiger partial charge in [-0.15, -0.1) is 11.3 Å². The van der Waals surface area contributed by atoms with Crippen LogP contribution >= 0.6 is 22.9 Å². The molecule has 4 nitrogen and oxygen atoms in total. The molecule has 0 saturated heterocycles. The summed E-state index contributed by atoms with van der Waals surface area (Å²) in [5.74, 6) is -0.170. The topological polar surface area (TPSA) is 46.9 Å². The van der Waals surface area contributed by atoms with Crippen LogP contribution in [0.25, 0.3) is 10.6 Å².